The molecule has 2 aromatic carbocycles. The van der Waals surface area contributed by atoms with Crippen LogP contribution in [-0.4, -0.2) is 76.9 Å². The second-order valence-corrected chi connectivity index (χ2v) is 13.5. The van der Waals surface area contributed by atoms with E-state index < -0.39 is 19.9 Å². The molecule has 2 aromatic rings. The molecule has 0 aliphatic carbocycles. The molecule has 0 amide bonds. The van der Waals surface area contributed by atoms with E-state index in [1.54, 1.807) is 37.4 Å². The monoisotopic (exact) mass is 543 g/mol. The van der Waals surface area contributed by atoms with E-state index in [9.17, 15) is 16.8 Å². The molecule has 1 fully saturated rings. The van der Waals surface area contributed by atoms with Crippen molar-refractivity contribution in [2.75, 3.05) is 39.5 Å². The average Bonchev–Trinajstić information content (AvgIpc) is 2.82. The second kappa shape index (κ2) is 13.2. The van der Waals surface area contributed by atoms with Crippen molar-refractivity contribution in [3.8, 4) is 0 Å². The van der Waals surface area contributed by atoms with Gasteiger partial charge in [-0.3, -0.25) is 4.90 Å². The molecule has 1 aliphatic rings. The highest BCUT2D eigenvalue weighted by molar-refractivity contribution is 7.91. The van der Waals surface area contributed by atoms with Crippen molar-refractivity contribution in [1.29, 1.82) is 0 Å². The number of likely N-dealkylation sites (tertiary alicyclic amines) is 1. The molecule has 3 atom stereocenters. The van der Waals surface area contributed by atoms with Crippen LogP contribution < -0.4 is 5.32 Å². The minimum atomic E-state index is -3.59. The maximum atomic E-state index is 13.1. The number of hydrogen-bond acceptors (Lipinski definition) is 6. The number of piperidine rings is 1. The smallest absolute Gasteiger partial charge is 0.242 e. The van der Waals surface area contributed by atoms with Crippen molar-refractivity contribution < 1.29 is 16.8 Å². The molecule has 10 heteroatoms. The predicted octanol–water partition coefficient (Wildman–Crippen LogP) is 3.35. The van der Waals surface area contributed by atoms with Crippen LogP contribution in [0.25, 0.3) is 0 Å². The van der Waals surface area contributed by atoms with Gasteiger partial charge in [-0.25, -0.2) is 21.1 Å². The fourth-order valence-electron chi connectivity index (χ4n) is 4.68. The van der Waals surface area contributed by atoms with Gasteiger partial charge in [0.05, 0.1) is 16.3 Å². The average molecular weight is 544 g/mol. The highest BCUT2D eigenvalue weighted by Crippen LogP contribution is 2.27. The van der Waals surface area contributed by atoms with Gasteiger partial charge >= 0.3 is 0 Å². The zero-order valence-electron chi connectivity index (χ0n) is 20.7. The number of sulfone groups is 1. The van der Waals surface area contributed by atoms with E-state index in [1.807, 2.05) is 37.3 Å². The molecule has 0 aromatic heterocycles. The summed E-state index contributed by atoms with van der Waals surface area (Å²) in [6.45, 7) is 4.62. The van der Waals surface area contributed by atoms with E-state index in [4.69, 9.17) is 0 Å². The lowest BCUT2D eigenvalue weighted by Crippen LogP contribution is -2.53. The highest BCUT2D eigenvalue weighted by Gasteiger charge is 2.33. The summed E-state index contributed by atoms with van der Waals surface area (Å²) in [4.78, 5) is 2.60. The summed E-state index contributed by atoms with van der Waals surface area (Å²) in [5, 5.41) is 3.12. The lowest BCUT2D eigenvalue weighted by Gasteiger charge is -2.40. The van der Waals surface area contributed by atoms with Gasteiger partial charge in [-0.2, -0.15) is 0 Å². The van der Waals surface area contributed by atoms with Crippen molar-refractivity contribution in [3.63, 3.8) is 0 Å². The standard InChI is InChI=1S/C25H37N3O4S2.ClH/c1-4-26-25-19-24(33(3,29)30)16-18-28(25)17-15-22(21-11-7-5-8-12-21)20-27(2)34(31,32)23-13-9-6-10-14-23;/h5-14,22,24-26H,4,15-20H2,1-3H3;1H/t22-,24?,25-;/m0./s1. The van der Waals surface area contributed by atoms with E-state index >= 15 is 0 Å². The van der Waals surface area contributed by atoms with Crippen molar-refractivity contribution in [2.24, 2.45) is 0 Å². The van der Waals surface area contributed by atoms with Gasteiger partial charge in [0.25, 0.3) is 0 Å². The highest BCUT2D eigenvalue weighted by atomic mass is 35.5. The summed E-state index contributed by atoms with van der Waals surface area (Å²) >= 11 is 0. The van der Waals surface area contributed by atoms with E-state index in [-0.39, 0.29) is 29.7 Å². The Hall–Kier alpha value is -1.49. The van der Waals surface area contributed by atoms with Crippen molar-refractivity contribution in [2.45, 2.75) is 48.4 Å². The molecule has 35 heavy (non-hydrogen) atoms. The Balaban J connectivity index is 0.00000432. The van der Waals surface area contributed by atoms with Crippen LogP contribution in [0.3, 0.4) is 0 Å². The van der Waals surface area contributed by atoms with Gasteiger partial charge in [0, 0.05) is 32.9 Å². The molecule has 196 valence electrons. The lowest BCUT2D eigenvalue weighted by molar-refractivity contribution is 0.119. The van der Waals surface area contributed by atoms with Crippen LogP contribution >= 0.6 is 12.4 Å². The van der Waals surface area contributed by atoms with Crippen molar-refractivity contribution in [3.05, 3.63) is 66.2 Å². The third-order valence-corrected chi connectivity index (χ3v) is 10.2. The zero-order valence-corrected chi connectivity index (χ0v) is 23.2. The first kappa shape index (κ1) is 29.7. The fraction of sp³-hybridized carbons (Fsp3) is 0.520. The number of rotatable bonds is 11. The molecule has 1 N–H and O–H groups in total. The summed E-state index contributed by atoms with van der Waals surface area (Å²) < 4.78 is 51.9. The maximum absolute atomic E-state index is 13.1. The number of likely N-dealkylation sites (N-methyl/N-ethyl adjacent to an activating group) is 1. The number of nitrogens with one attached hydrogen (secondary N) is 1. The Kier molecular flexibility index (Phi) is 11.2. The normalized spacial score (nSPS) is 20.3. The molecule has 1 saturated heterocycles. The molecular weight excluding hydrogens is 506 g/mol. The van der Waals surface area contributed by atoms with Crippen LogP contribution in [0.1, 0.15) is 37.7 Å². The quantitative estimate of drug-likeness (QED) is 0.468. The van der Waals surface area contributed by atoms with Gasteiger partial charge in [0.1, 0.15) is 9.84 Å². The Morgan fingerprint density at radius 1 is 1.03 bits per heavy atom. The SMILES string of the molecule is CCN[C@@H]1CC(S(C)(=O)=O)CCN1CC[C@@H](CN(C)S(=O)(=O)c1ccccc1)c1ccccc1.Cl. The second-order valence-electron chi connectivity index (χ2n) is 9.08. The lowest BCUT2D eigenvalue weighted by atomic mass is 9.94. The molecule has 1 aliphatic heterocycles. The fourth-order valence-corrected chi connectivity index (χ4v) is 6.98. The topological polar surface area (TPSA) is 86.8 Å². The first-order chi connectivity index (χ1) is 16.1. The maximum Gasteiger partial charge on any atom is 0.242 e. The van der Waals surface area contributed by atoms with E-state index in [0.29, 0.717) is 30.8 Å². The molecule has 7 nitrogen and oxygen atoms in total. The number of halogens is 1. The molecule has 0 saturated carbocycles. The minimum absolute atomic E-state index is 0. The van der Waals surface area contributed by atoms with Crippen molar-refractivity contribution >= 4 is 32.3 Å². The first-order valence-electron chi connectivity index (χ1n) is 11.9. The Morgan fingerprint density at radius 2 is 1.63 bits per heavy atom. The molecule has 0 bridgehead atoms. The van der Waals surface area contributed by atoms with Gasteiger partial charge in [0.2, 0.25) is 10.0 Å². The summed E-state index contributed by atoms with van der Waals surface area (Å²) in [6, 6.07) is 18.5. The summed E-state index contributed by atoms with van der Waals surface area (Å²) in [6.07, 6.45) is 3.29. The Morgan fingerprint density at radius 3 is 2.20 bits per heavy atom. The number of nitrogens with zero attached hydrogens (tertiary/aromatic N) is 2. The first-order valence-corrected chi connectivity index (χ1v) is 15.2. The third-order valence-electron chi connectivity index (χ3n) is 6.68. The van der Waals surface area contributed by atoms with Crippen LogP contribution in [-0.2, 0) is 19.9 Å². The van der Waals surface area contributed by atoms with Crippen LogP contribution in [0, 0.1) is 0 Å². The molecule has 1 unspecified atom stereocenters. The number of benzene rings is 2. The molecule has 0 spiro atoms. The molecule has 0 radical (unpaired) electrons. The van der Waals surface area contributed by atoms with Crippen LogP contribution in [0.4, 0.5) is 0 Å². The summed E-state index contributed by atoms with van der Waals surface area (Å²) in [7, 11) is -5.02. The van der Waals surface area contributed by atoms with Crippen LogP contribution in [0.5, 0.6) is 0 Å². The molecular formula is C25H38ClN3O4S2. The third kappa shape index (κ3) is 8.00. The van der Waals surface area contributed by atoms with E-state index in [2.05, 4.69) is 10.2 Å². The van der Waals surface area contributed by atoms with Crippen molar-refractivity contribution in [1.82, 2.24) is 14.5 Å². The van der Waals surface area contributed by atoms with E-state index in [1.165, 1.54) is 10.6 Å². The largest absolute Gasteiger partial charge is 0.302 e. The Labute approximate surface area is 217 Å². The van der Waals surface area contributed by atoms with E-state index in [0.717, 1.165) is 25.1 Å². The number of sulfonamides is 1. The summed E-state index contributed by atoms with van der Waals surface area (Å²) in [5.74, 6) is 0.0135. The number of hydrogen-bond donors (Lipinski definition) is 1. The van der Waals surface area contributed by atoms with Gasteiger partial charge in [0.15, 0.2) is 0 Å². The van der Waals surface area contributed by atoms with Gasteiger partial charge in [-0.15, -0.1) is 12.4 Å². The van der Waals surface area contributed by atoms with Gasteiger partial charge in [-0.05, 0) is 49.4 Å². The van der Waals surface area contributed by atoms with Crippen LogP contribution in [0.15, 0.2) is 65.6 Å². The van der Waals surface area contributed by atoms with Gasteiger partial charge in [-0.1, -0.05) is 55.5 Å². The Bertz CT molecular complexity index is 1120. The molecule has 1 heterocycles. The minimum Gasteiger partial charge on any atom is -0.302 e. The summed E-state index contributed by atoms with van der Waals surface area (Å²) in [5.41, 5.74) is 1.10. The van der Waals surface area contributed by atoms with Crippen LogP contribution in [0.2, 0.25) is 0 Å². The zero-order chi connectivity index (χ0) is 24.8. The van der Waals surface area contributed by atoms with Gasteiger partial charge < -0.3 is 5.32 Å². The predicted molar refractivity (Wildman–Crippen MR) is 144 cm³/mol. The molecule has 3 rings (SSSR count).